The fraction of sp³-hybridized carbons (Fsp3) is 0.188. The molecule has 3 heteroatoms. The maximum atomic E-state index is 2.32. The van der Waals surface area contributed by atoms with Crippen molar-refractivity contribution in [1.82, 2.24) is 4.57 Å². The average Bonchev–Trinajstić information content (AvgIpc) is 2.82. The van der Waals surface area contributed by atoms with Gasteiger partial charge < -0.3 is 28.5 Å². The quantitative estimate of drug-likeness (QED) is 0.446. The van der Waals surface area contributed by atoms with Crippen LogP contribution in [0.15, 0.2) is 61.1 Å². The Morgan fingerprint density at radius 1 is 1.00 bits per heavy atom. The second-order valence-corrected chi connectivity index (χ2v) is 4.69. The minimum Gasteiger partial charge on any atom is -1.00 e. The standard InChI is InChI=1S/C16H17N2.HI/c1-17-10-6-14(7-11-17)8-12-18-13-9-15-4-2-3-5-16(15)18;/h2-7,9-11,13H,8,12H2,1H3;1H/q+1;/p-1. The Morgan fingerprint density at radius 3 is 2.53 bits per heavy atom. The van der Waals surface area contributed by atoms with Crippen LogP contribution in [-0.2, 0) is 20.0 Å². The predicted octanol–water partition coefficient (Wildman–Crippen LogP) is -0.288. The Bertz CT molecular complexity index is 656. The van der Waals surface area contributed by atoms with Crippen LogP contribution in [0, 0.1) is 0 Å². The van der Waals surface area contributed by atoms with Crippen molar-refractivity contribution in [2.75, 3.05) is 0 Å². The Hall–Kier alpha value is -1.36. The van der Waals surface area contributed by atoms with Crippen molar-refractivity contribution in [3.05, 3.63) is 66.6 Å². The van der Waals surface area contributed by atoms with E-state index < -0.39 is 0 Å². The summed E-state index contributed by atoms with van der Waals surface area (Å²) in [6.07, 6.45) is 7.44. The van der Waals surface area contributed by atoms with Crippen LogP contribution >= 0.6 is 0 Å². The zero-order chi connectivity index (χ0) is 12.4. The summed E-state index contributed by atoms with van der Waals surface area (Å²) in [5.74, 6) is 0. The second kappa shape index (κ2) is 6.19. The number of aryl methyl sites for hydroxylation is 3. The van der Waals surface area contributed by atoms with Gasteiger partial charge >= 0.3 is 0 Å². The van der Waals surface area contributed by atoms with Crippen molar-refractivity contribution in [3.8, 4) is 0 Å². The third-order valence-corrected chi connectivity index (χ3v) is 3.37. The van der Waals surface area contributed by atoms with E-state index in [-0.39, 0.29) is 24.0 Å². The summed E-state index contributed by atoms with van der Waals surface area (Å²) in [6, 6.07) is 15.1. The Morgan fingerprint density at radius 2 is 1.74 bits per heavy atom. The van der Waals surface area contributed by atoms with Crippen LogP contribution < -0.4 is 28.5 Å². The molecule has 2 heterocycles. The van der Waals surface area contributed by atoms with Gasteiger partial charge in [-0.25, -0.2) is 4.57 Å². The molecular formula is C16H17IN2. The van der Waals surface area contributed by atoms with Crippen LogP contribution in [0.25, 0.3) is 10.9 Å². The lowest BCUT2D eigenvalue weighted by atomic mass is 10.2. The number of pyridine rings is 1. The highest BCUT2D eigenvalue weighted by molar-refractivity contribution is 5.79. The molecule has 0 atom stereocenters. The van der Waals surface area contributed by atoms with Gasteiger partial charge in [0, 0.05) is 30.4 Å². The molecule has 0 saturated heterocycles. The first-order chi connectivity index (χ1) is 8.83. The molecule has 0 saturated carbocycles. The molecule has 3 rings (SSSR count). The van der Waals surface area contributed by atoms with Crippen LogP contribution in [0.4, 0.5) is 0 Å². The van der Waals surface area contributed by atoms with Gasteiger partial charge in [-0.15, -0.1) is 0 Å². The first kappa shape index (κ1) is 14.1. The van der Waals surface area contributed by atoms with E-state index in [9.17, 15) is 0 Å². The third-order valence-electron chi connectivity index (χ3n) is 3.37. The van der Waals surface area contributed by atoms with Gasteiger partial charge in [0.1, 0.15) is 7.05 Å². The van der Waals surface area contributed by atoms with Crippen LogP contribution in [0.1, 0.15) is 5.56 Å². The molecule has 0 aliphatic rings. The van der Waals surface area contributed by atoms with Gasteiger partial charge in [-0.2, -0.15) is 0 Å². The molecule has 0 fully saturated rings. The fourth-order valence-electron chi connectivity index (χ4n) is 2.28. The Balaban J connectivity index is 0.00000133. The number of aromatic nitrogens is 2. The second-order valence-electron chi connectivity index (χ2n) is 4.69. The van der Waals surface area contributed by atoms with Gasteiger partial charge in [-0.3, -0.25) is 0 Å². The van der Waals surface area contributed by atoms with E-state index in [2.05, 4.69) is 70.2 Å². The summed E-state index contributed by atoms with van der Waals surface area (Å²) in [5, 5.41) is 1.32. The van der Waals surface area contributed by atoms with Crippen LogP contribution in [0.5, 0.6) is 0 Å². The minimum absolute atomic E-state index is 0. The third kappa shape index (κ3) is 3.15. The lowest BCUT2D eigenvalue weighted by Crippen LogP contribution is -3.00. The number of para-hydroxylation sites is 1. The number of hydrogen-bond donors (Lipinski definition) is 0. The lowest BCUT2D eigenvalue weighted by molar-refractivity contribution is -0.671. The number of halogens is 1. The topological polar surface area (TPSA) is 8.81 Å². The molecule has 0 bridgehead atoms. The summed E-state index contributed by atoms with van der Waals surface area (Å²) in [4.78, 5) is 0. The van der Waals surface area contributed by atoms with E-state index in [1.807, 2.05) is 7.05 Å². The molecule has 0 N–H and O–H groups in total. The number of benzene rings is 1. The summed E-state index contributed by atoms with van der Waals surface area (Å²) in [6.45, 7) is 1.03. The van der Waals surface area contributed by atoms with Crippen molar-refractivity contribution in [2.45, 2.75) is 13.0 Å². The number of hydrogen-bond acceptors (Lipinski definition) is 0. The van der Waals surface area contributed by atoms with Crippen molar-refractivity contribution >= 4 is 10.9 Å². The van der Waals surface area contributed by atoms with E-state index in [1.165, 1.54) is 16.5 Å². The van der Waals surface area contributed by atoms with Crippen LogP contribution in [0.2, 0.25) is 0 Å². The fourth-order valence-corrected chi connectivity index (χ4v) is 2.28. The van der Waals surface area contributed by atoms with Gasteiger partial charge in [-0.1, -0.05) is 18.2 Å². The van der Waals surface area contributed by atoms with Crippen molar-refractivity contribution in [2.24, 2.45) is 7.05 Å². The molecule has 1 aromatic carbocycles. The first-order valence-electron chi connectivity index (χ1n) is 6.31. The Kier molecular flexibility index (Phi) is 4.58. The van der Waals surface area contributed by atoms with Crippen molar-refractivity contribution in [1.29, 1.82) is 0 Å². The smallest absolute Gasteiger partial charge is 0.168 e. The monoisotopic (exact) mass is 364 g/mol. The molecule has 98 valence electrons. The molecule has 2 aromatic heterocycles. The molecule has 0 aliphatic heterocycles. The number of fused-ring (bicyclic) bond motifs is 1. The highest BCUT2D eigenvalue weighted by Gasteiger charge is 2.01. The van der Waals surface area contributed by atoms with Gasteiger partial charge in [0.05, 0.1) is 0 Å². The average molecular weight is 364 g/mol. The van der Waals surface area contributed by atoms with Gasteiger partial charge in [0.25, 0.3) is 0 Å². The lowest BCUT2D eigenvalue weighted by Gasteiger charge is -2.05. The summed E-state index contributed by atoms with van der Waals surface area (Å²) in [5.41, 5.74) is 2.70. The van der Waals surface area contributed by atoms with E-state index in [4.69, 9.17) is 0 Å². The largest absolute Gasteiger partial charge is 1.00 e. The molecular weight excluding hydrogens is 347 g/mol. The zero-order valence-corrected chi connectivity index (χ0v) is 13.1. The molecule has 0 radical (unpaired) electrons. The summed E-state index contributed by atoms with van der Waals surface area (Å²) >= 11 is 0. The van der Waals surface area contributed by atoms with Crippen LogP contribution in [0.3, 0.4) is 0 Å². The maximum absolute atomic E-state index is 2.32. The number of rotatable bonds is 3. The summed E-state index contributed by atoms with van der Waals surface area (Å²) in [7, 11) is 2.04. The van der Waals surface area contributed by atoms with Gasteiger partial charge in [0.15, 0.2) is 12.4 Å². The molecule has 0 spiro atoms. The maximum Gasteiger partial charge on any atom is 0.168 e. The number of nitrogens with zero attached hydrogens (tertiary/aromatic N) is 2. The first-order valence-corrected chi connectivity index (χ1v) is 6.31. The molecule has 19 heavy (non-hydrogen) atoms. The predicted molar refractivity (Wildman–Crippen MR) is 73.3 cm³/mol. The zero-order valence-electron chi connectivity index (χ0n) is 11.0. The van der Waals surface area contributed by atoms with Crippen molar-refractivity contribution < 1.29 is 28.5 Å². The Labute approximate surface area is 130 Å². The van der Waals surface area contributed by atoms with E-state index in [0.29, 0.717) is 0 Å². The van der Waals surface area contributed by atoms with Crippen LogP contribution in [-0.4, -0.2) is 4.57 Å². The molecule has 2 nitrogen and oxygen atoms in total. The van der Waals surface area contributed by atoms with E-state index >= 15 is 0 Å². The van der Waals surface area contributed by atoms with E-state index in [0.717, 1.165) is 13.0 Å². The highest BCUT2D eigenvalue weighted by Crippen LogP contribution is 2.15. The van der Waals surface area contributed by atoms with E-state index in [1.54, 1.807) is 0 Å². The molecule has 0 aliphatic carbocycles. The van der Waals surface area contributed by atoms with Gasteiger partial charge in [-0.05, 0) is 29.5 Å². The molecule has 0 amide bonds. The van der Waals surface area contributed by atoms with Gasteiger partial charge in [0.2, 0.25) is 0 Å². The normalized spacial score (nSPS) is 10.4. The minimum atomic E-state index is 0. The molecule has 3 aromatic rings. The molecule has 0 unspecified atom stereocenters. The van der Waals surface area contributed by atoms with Crippen molar-refractivity contribution in [3.63, 3.8) is 0 Å². The highest BCUT2D eigenvalue weighted by atomic mass is 127. The summed E-state index contributed by atoms with van der Waals surface area (Å²) < 4.78 is 4.39. The SMILES string of the molecule is C[n+]1ccc(CCn2ccc3ccccc32)cc1.[I-].